The second-order valence-corrected chi connectivity index (χ2v) is 4.95. The summed E-state index contributed by atoms with van der Waals surface area (Å²) in [6, 6.07) is 7.61. The largest absolute Gasteiger partial charge is 0.361 e. The highest BCUT2D eigenvalue weighted by Gasteiger charge is 2.16. The Balaban J connectivity index is 0.000000771. The molecule has 1 heterocycles. The molecule has 3 heteroatoms. The van der Waals surface area contributed by atoms with Gasteiger partial charge >= 0.3 is 0 Å². The lowest BCUT2D eigenvalue weighted by Crippen LogP contribution is -2.40. The summed E-state index contributed by atoms with van der Waals surface area (Å²) in [6.07, 6.45) is 1.85. The molecule has 3 nitrogen and oxygen atoms in total. The van der Waals surface area contributed by atoms with Crippen LogP contribution in [0.25, 0.3) is 10.9 Å². The molecular weight excluding hydrogens is 224 g/mol. The molecule has 0 atom stereocenters. The highest BCUT2D eigenvalue weighted by molar-refractivity contribution is 6.06. The number of nitrogens with one attached hydrogen (secondary N) is 2. The molecule has 0 bridgehead atoms. The van der Waals surface area contributed by atoms with Crippen LogP contribution in [0.5, 0.6) is 0 Å². The van der Waals surface area contributed by atoms with Crippen LogP contribution in [-0.2, 0) is 0 Å². The quantitative estimate of drug-likeness (QED) is 0.791. The Morgan fingerprint density at radius 1 is 1.17 bits per heavy atom. The van der Waals surface area contributed by atoms with Crippen molar-refractivity contribution in [3.05, 3.63) is 36.0 Å². The first-order chi connectivity index (χ1) is 8.47. The zero-order valence-electron chi connectivity index (χ0n) is 11.8. The first-order valence-corrected chi connectivity index (χ1v) is 6.36. The van der Waals surface area contributed by atoms with Crippen molar-refractivity contribution in [1.82, 2.24) is 10.3 Å². The molecular formula is C15H22N2O. The maximum absolute atomic E-state index is 12.0. The van der Waals surface area contributed by atoms with Crippen LogP contribution in [0.1, 0.15) is 45.0 Å². The third kappa shape index (κ3) is 3.36. The SMILES string of the molecule is CC.CC(C)(C)NC(=O)c1cccc2[nH]ccc12. The lowest BCUT2D eigenvalue weighted by Gasteiger charge is -2.20. The van der Waals surface area contributed by atoms with Gasteiger partial charge in [-0.15, -0.1) is 0 Å². The minimum Gasteiger partial charge on any atom is -0.361 e. The van der Waals surface area contributed by atoms with Gasteiger partial charge in [-0.05, 0) is 39.0 Å². The number of hydrogen-bond donors (Lipinski definition) is 2. The van der Waals surface area contributed by atoms with Gasteiger partial charge in [0.05, 0.1) is 0 Å². The van der Waals surface area contributed by atoms with E-state index in [0.29, 0.717) is 5.56 Å². The molecule has 0 spiro atoms. The standard InChI is InChI=1S/C13H16N2O.C2H6/c1-13(2,3)15-12(16)10-5-4-6-11-9(10)7-8-14-11;1-2/h4-8,14H,1-3H3,(H,15,16);1-2H3. The summed E-state index contributed by atoms with van der Waals surface area (Å²) < 4.78 is 0. The van der Waals surface area contributed by atoms with Gasteiger partial charge in [-0.3, -0.25) is 4.79 Å². The van der Waals surface area contributed by atoms with E-state index in [0.717, 1.165) is 10.9 Å². The number of hydrogen-bond acceptors (Lipinski definition) is 1. The summed E-state index contributed by atoms with van der Waals surface area (Å²) in [5.74, 6) is -0.0299. The number of benzene rings is 1. The van der Waals surface area contributed by atoms with E-state index in [1.807, 2.05) is 65.1 Å². The number of aromatic nitrogens is 1. The average molecular weight is 246 g/mol. The number of fused-ring (bicyclic) bond motifs is 1. The molecule has 0 unspecified atom stereocenters. The van der Waals surface area contributed by atoms with Gasteiger partial charge in [-0.25, -0.2) is 0 Å². The van der Waals surface area contributed by atoms with Crippen LogP contribution in [0.15, 0.2) is 30.5 Å². The van der Waals surface area contributed by atoms with Gasteiger partial charge in [0, 0.05) is 28.2 Å². The van der Waals surface area contributed by atoms with Crippen LogP contribution in [0.2, 0.25) is 0 Å². The predicted octanol–water partition coefficient (Wildman–Crippen LogP) is 3.72. The Hall–Kier alpha value is -1.77. The summed E-state index contributed by atoms with van der Waals surface area (Å²) in [7, 11) is 0. The van der Waals surface area contributed by atoms with E-state index in [1.54, 1.807) is 0 Å². The van der Waals surface area contributed by atoms with Crippen molar-refractivity contribution in [3.63, 3.8) is 0 Å². The van der Waals surface area contributed by atoms with Gasteiger partial charge in [0.2, 0.25) is 0 Å². The molecule has 2 rings (SSSR count). The Labute approximate surface area is 109 Å². The zero-order chi connectivity index (χ0) is 13.8. The van der Waals surface area contributed by atoms with Gasteiger partial charge < -0.3 is 10.3 Å². The highest BCUT2D eigenvalue weighted by atomic mass is 16.1. The zero-order valence-corrected chi connectivity index (χ0v) is 11.8. The lowest BCUT2D eigenvalue weighted by atomic mass is 10.1. The number of carbonyl (C=O) groups excluding carboxylic acids is 1. The number of H-pyrrole nitrogens is 1. The Morgan fingerprint density at radius 3 is 2.44 bits per heavy atom. The first kappa shape index (κ1) is 14.3. The average Bonchev–Trinajstić information content (AvgIpc) is 2.76. The molecule has 0 radical (unpaired) electrons. The fourth-order valence-corrected chi connectivity index (χ4v) is 1.69. The monoisotopic (exact) mass is 246 g/mol. The number of aromatic amines is 1. The van der Waals surface area contributed by atoms with Gasteiger partial charge in [0.25, 0.3) is 5.91 Å². The molecule has 0 aliphatic carbocycles. The topological polar surface area (TPSA) is 44.9 Å². The van der Waals surface area contributed by atoms with Crippen molar-refractivity contribution in [3.8, 4) is 0 Å². The van der Waals surface area contributed by atoms with E-state index in [-0.39, 0.29) is 11.4 Å². The van der Waals surface area contributed by atoms with Crippen LogP contribution in [0.3, 0.4) is 0 Å². The van der Waals surface area contributed by atoms with Crippen molar-refractivity contribution < 1.29 is 4.79 Å². The van der Waals surface area contributed by atoms with Gasteiger partial charge in [0.15, 0.2) is 0 Å². The van der Waals surface area contributed by atoms with Gasteiger partial charge in [0.1, 0.15) is 0 Å². The smallest absolute Gasteiger partial charge is 0.252 e. The maximum Gasteiger partial charge on any atom is 0.252 e. The highest BCUT2D eigenvalue weighted by Crippen LogP contribution is 2.17. The second kappa shape index (κ2) is 5.71. The Bertz CT molecular complexity index is 521. The van der Waals surface area contributed by atoms with Crippen molar-refractivity contribution in [2.75, 3.05) is 0 Å². The summed E-state index contributed by atoms with van der Waals surface area (Å²) >= 11 is 0. The number of rotatable bonds is 1. The molecule has 98 valence electrons. The molecule has 0 saturated heterocycles. The van der Waals surface area contributed by atoms with Crippen molar-refractivity contribution in [2.45, 2.75) is 40.2 Å². The van der Waals surface area contributed by atoms with Crippen LogP contribution in [0, 0.1) is 0 Å². The molecule has 0 aliphatic rings. The minimum atomic E-state index is -0.213. The van der Waals surface area contributed by atoms with Crippen molar-refractivity contribution in [2.24, 2.45) is 0 Å². The van der Waals surface area contributed by atoms with E-state index in [4.69, 9.17) is 0 Å². The van der Waals surface area contributed by atoms with Crippen molar-refractivity contribution in [1.29, 1.82) is 0 Å². The fraction of sp³-hybridized carbons (Fsp3) is 0.400. The van der Waals surface area contributed by atoms with E-state index in [2.05, 4.69) is 10.3 Å². The van der Waals surface area contributed by atoms with E-state index >= 15 is 0 Å². The molecule has 0 aliphatic heterocycles. The lowest BCUT2D eigenvalue weighted by molar-refractivity contribution is 0.0921. The van der Waals surface area contributed by atoms with Crippen LogP contribution in [-0.4, -0.2) is 16.4 Å². The molecule has 18 heavy (non-hydrogen) atoms. The molecule has 0 saturated carbocycles. The van der Waals surface area contributed by atoms with Crippen LogP contribution < -0.4 is 5.32 Å². The Morgan fingerprint density at radius 2 is 1.83 bits per heavy atom. The molecule has 1 amide bonds. The second-order valence-electron chi connectivity index (χ2n) is 4.95. The third-order valence-electron chi connectivity index (χ3n) is 2.33. The maximum atomic E-state index is 12.0. The summed E-state index contributed by atoms with van der Waals surface area (Å²) in [5, 5.41) is 3.93. The number of carbonyl (C=O) groups is 1. The predicted molar refractivity (Wildman–Crippen MR) is 76.9 cm³/mol. The van der Waals surface area contributed by atoms with E-state index in [1.165, 1.54) is 0 Å². The fourth-order valence-electron chi connectivity index (χ4n) is 1.69. The summed E-state index contributed by atoms with van der Waals surface area (Å²) in [6.45, 7) is 9.92. The normalized spacial score (nSPS) is 10.7. The number of amides is 1. The van der Waals surface area contributed by atoms with Crippen LogP contribution >= 0.6 is 0 Å². The van der Waals surface area contributed by atoms with E-state index < -0.39 is 0 Å². The van der Waals surface area contributed by atoms with Gasteiger partial charge in [-0.2, -0.15) is 0 Å². The first-order valence-electron chi connectivity index (χ1n) is 6.36. The van der Waals surface area contributed by atoms with Gasteiger partial charge in [-0.1, -0.05) is 19.9 Å². The summed E-state index contributed by atoms with van der Waals surface area (Å²) in [5.41, 5.74) is 1.49. The minimum absolute atomic E-state index is 0.0299. The molecule has 2 aromatic rings. The molecule has 1 aromatic heterocycles. The Kier molecular flexibility index (Phi) is 4.54. The molecule has 2 N–H and O–H groups in total. The summed E-state index contributed by atoms with van der Waals surface area (Å²) in [4.78, 5) is 15.1. The van der Waals surface area contributed by atoms with Crippen molar-refractivity contribution >= 4 is 16.8 Å². The van der Waals surface area contributed by atoms with E-state index in [9.17, 15) is 4.79 Å². The molecule has 0 fully saturated rings. The molecule has 1 aromatic carbocycles. The third-order valence-corrected chi connectivity index (χ3v) is 2.33. The van der Waals surface area contributed by atoms with Crippen LogP contribution in [0.4, 0.5) is 0 Å².